The summed E-state index contributed by atoms with van der Waals surface area (Å²) in [4.78, 5) is 20.4. The van der Waals surface area contributed by atoms with Gasteiger partial charge in [0.2, 0.25) is 0 Å². The third-order valence-electron chi connectivity index (χ3n) is 3.02. The van der Waals surface area contributed by atoms with Gasteiger partial charge in [0.1, 0.15) is 11.6 Å². The molecule has 0 atom stereocenters. The third kappa shape index (κ3) is 4.27. The number of urea groups is 1. The molecule has 0 aliphatic rings. The first-order valence-corrected chi connectivity index (χ1v) is 6.94. The van der Waals surface area contributed by atoms with Crippen LogP contribution in [0.5, 0.6) is 0 Å². The topological polar surface area (TPSA) is 66.9 Å². The summed E-state index contributed by atoms with van der Waals surface area (Å²) in [7, 11) is 0. The number of aryl methyl sites for hydroxylation is 2. The van der Waals surface area contributed by atoms with Crippen molar-refractivity contribution in [3.05, 3.63) is 47.4 Å². The number of benzene rings is 1. The minimum absolute atomic E-state index is 0.312. The zero-order valence-corrected chi connectivity index (χ0v) is 12.8. The van der Waals surface area contributed by atoms with Crippen LogP contribution in [0.3, 0.4) is 0 Å². The maximum Gasteiger partial charge on any atom is 0.324 e. The highest BCUT2D eigenvalue weighted by atomic mass is 16.2. The second kappa shape index (κ2) is 6.35. The predicted molar refractivity (Wildman–Crippen MR) is 84.7 cm³/mol. The van der Waals surface area contributed by atoms with E-state index in [1.807, 2.05) is 31.2 Å². The van der Waals surface area contributed by atoms with Crippen LogP contribution < -0.4 is 10.6 Å². The molecule has 0 bridgehead atoms. The molecule has 0 fully saturated rings. The van der Waals surface area contributed by atoms with Crippen molar-refractivity contribution in [2.24, 2.45) is 0 Å². The van der Waals surface area contributed by atoms with Gasteiger partial charge in [0.25, 0.3) is 0 Å². The summed E-state index contributed by atoms with van der Waals surface area (Å²) < 4.78 is 0. The lowest BCUT2D eigenvalue weighted by Gasteiger charge is -2.10. The number of carbonyl (C=O) groups excluding carboxylic acids is 1. The second-order valence-corrected chi connectivity index (χ2v) is 5.30. The van der Waals surface area contributed by atoms with Gasteiger partial charge in [0.15, 0.2) is 0 Å². The Balaban J connectivity index is 2.06. The summed E-state index contributed by atoms with van der Waals surface area (Å²) >= 11 is 0. The molecule has 0 aliphatic heterocycles. The van der Waals surface area contributed by atoms with E-state index in [1.54, 1.807) is 13.0 Å². The Kier molecular flexibility index (Phi) is 4.52. The number of amides is 2. The number of hydrogen-bond donors (Lipinski definition) is 2. The molecule has 1 aromatic carbocycles. The highest BCUT2D eigenvalue weighted by Gasteiger charge is 2.06. The zero-order chi connectivity index (χ0) is 15.4. The van der Waals surface area contributed by atoms with Crippen LogP contribution in [0.25, 0.3) is 0 Å². The van der Waals surface area contributed by atoms with Crippen LogP contribution in [0.2, 0.25) is 0 Å². The molecule has 0 saturated heterocycles. The van der Waals surface area contributed by atoms with Gasteiger partial charge in [-0.25, -0.2) is 14.8 Å². The Morgan fingerprint density at radius 2 is 1.86 bits per heavy atom. The molecule has 2 aromatic rings. The van der Waals surface area contributed by atoms with E-state index >= 15 is 0 Å². The van der Waals surface area contributed by atoms with Gasteiger partial charge in [-0.3, -0.25) is 5.32 Å². The number of carbonyl (C=O) groups is 1. The van der Waals surface area contributed by atoms with Crippen molar-refractivity contribution < 1.29 is 4.79 Å². The maximum absolute atomic E-state index is 12.0. The first-order chi connectivity index (χ1) is 9.94. The number of aromatic nitrogens is 2. The first-order valence-electron chi connectivity index (χ1n) is 6.94. The molecule has 0 spiro atoms. The van der Waals surface area contributed by atoms with Crippen molar-refractivity contribution in [3.63, 3.8) is 0 Å². The molecule has 0 radical (unpaired) electrons. The van der Waals surface area contributed by atoms with Gasteiger partial charge in [-0.2, -0.15) is 0 Å². The number of rotatable bonds is 3. The van der Waals surface area contributed by atoms with Gasteiger partial charge in [-0.15, -0.1) is 0 Å². The Bertz CT molecular complexity index is 632. The van der Waals surface area contributed by atoms with E-state index < -0.39 is 0 Å². The molecule has 1 heterocycles. The highest BCUT2D eigenvalue weighted by Crippen LogP contribution is 2.18. The lowest BCUT2D eigenvalue weighted by Crippen LogP contribution is -2.20. The maximum atomic E-state index is 12.0. The van der Waals surface area contributed by atoms with E-state index in [-0.39, 0.29) is 6.03 Å². The van der Waals surface area contributed by atoms with Gasteiger partial charge < -0.3 is 5.32 Å². The summed E-state index contributed by atoms with van der Waals surface area (Å²) in [5.74, 6) is 1.55. The minimum atomic E-state index is -0.312. The summed E-state index contributed by atoms with van der Waals surface area (Å²) in [5, 5.41) is 5.53. The molecule has 5 heteroatoms. The summed E-state index contributed by atoms with van der Waals surface area (Å²) in [5.41, 5.74) is 2.77. The predicted octanol–water partition coefficient (Wildman–Crippen LogP) is 3.86. The molecule has 0 aliphatic carbocycles. The largest absolute Gasteiger partial charge is 0.324 e. The van der Waals surface area contributed by atoms with Crippen molar-refractivity contribution in [3.8, 4) is 0 Å². The molecule has 2 N–H and O–H groups in total. The molecule has 2 amide bonds. The van der Waals surface area contributed by atoms with E-state index in [2.05, 4.69) is 34.4 Å². The van der Waals surface area contributed by atoms with E-state index in [4.69, 9.17) is 0 Å². The molecule has 0 unspecified atom stereocenters. The van der Waals surface area contributed by atoms with Crippen LogP contribution >= 0.6 is 0 Å². The fourth-order valence-electron chi connectivity index (χ4n) is 2.04. The van der Waals surface area contributed by atoms with Crippen LogP contribution in [0.1, 0.15) is 36.8 Å². The summed E-state index contributed by atoms with van der Waals surface area (Å²) in [6.45, 7) is 7.89. The molecular weight excluding hydrogens is 264 g/mol. The van der Waals surface area contributed by atoms with Crippen molar-refractivity contribution in [1.82, 2.24) is 9.97 Å². The van der Waals surface area contributed by atoms with Crippen molar-refractivity contribution in [2.75, 3.05) is 10.6 Å². The zero-order valence-electron chi connectivity index (χ0n) is 12.8. The first kappa shape index (κ1) is 15.0. The van der Waals surface area contributed by atoms with Crippen LogP contribution in [0.15, 0.2) is 30.3 Å². The van der Waals surface area contributed by atoms with Crippen LogP contribution in [0, 0.1) is 13.8 Å². The average Bonchev–Trinajstić information content (AvgIpc) is 2.37. The number of nitrogens with one attached hydrogen (secondary N) is 2. The van der Waals surface area contributed by atoms with E-state index in [1.165, 1.54) is 5.56 Å². The fraction of sp³-hybridized carbons (Fsp3) is 0.312. The van der Waals surface area contributed by atoms with Crippen LogP contribution in [-0.4, -0.2) is 16.0 Å². The second-order valence-electron chi connectivity index (χ2n) is 5.30. The normalized spacial score (nSPS) is 10.5. The van der Waals surface area contributed by atoms with Gasteiger partial charge in [0.05, 0.1) is 0 Å². The summed E-state index contributed by atoms with van der Waals surface area (Å²) in [6, 6.07) is 9.24. The Morgan fingerprint density at radius 1 is 1.10 bits per heavy atom. The monoisotopic (exact) mass is 284 g/mol. The lowest BCUT2D eigenvalue weighted by atomic mass is 10.0. The van der Waals surface area contributed by atoms with Crippen LogP contribution in [0.4, 0.5) is 16.3 Å². The smallest absolute Gasteiger partial charge is 0.308 e. The molecular formula is C16H20N4O. The van der Waals surface area contributed by atoms with E-state index in [0.29, 0.717) is 17.6 Å². The highest BCUT2D eigenvalue weighted by molar-refractivity contribution is 5.99. The van der Waals surface area contributed by atoms with Crippen molar-refractivity contribution in [2.45, 2.75) is 33.6 Å². The van der Waals surface area contributed by atoms with Gasteiger partial charge in [-0.1, -0.05) is 26.0 Å². The molecule has 0 saturated carbocycles. The Hall–Kier alpha value is -2.43. The Labute approximate surface area is 124 Å². The van der Waals surface area contributed by atoms with E-state index in [0.717, 1.165) is 11.4 Å². The molecule has 1 aromatic heterocycles. The van der Waals surface area contributed by atoms with Crippen LogP contribution in [-0.2, 0) is 0 Å². The quantitative estimate of drug-likeness (QED) is 0.899. The lowest BCUT2D eigenvalue weighted by molar-refractivity contribution is 0.262. The van der Waals surface area contributed by atoms with Gasteiger partial charge >= 0.3 is 6.03 Å². The van der Waals surface area contributed by atoms with E-state index in [9.17, 15) is 4.79 Å². The van der Waals surface area contributed by atoms with Gasteiger partial charge in [-0.05, 0) is 37.5 Å². The third-order valence-corrected chi connectivity index (χ3v) is 3.02. The number of nitrogens with zero attached hydrogens (tertiary/aromatic N) is 2. The average molecular weight is 284 g/mol. The molecule has 21 heavy (non-hydrogen) atoms. The minimum Gasteiger partial charge on any atom is -0.308 e. The molecule has 110 valence electrons. The standard InChI is InChI=1S/C16H20N4O/c1-10(2)13-6-5-7-14(9-13)19-16(21)20-15-8-11(3)17-12(4)18-15/h5-10H,1-4H3,(H2,17,18,19,20,21). The molecule has 5 nitrogen and oxygen atoms in total. The summed E-state index contributed by atoms with van der Waals surface area (Å²) in [6.07, 6.45) is 0. The van der Waals surface area contributed by atoms with Gasteiger partial charge in [0, 0.05) is 17.4 Å². The Morgan fingerprint density at radius 3 is 2.52 bits per heavy atom. The number of hydrogen-bond acceptors (Lipinski definition) is 3. The number of anilines is 2. The molecule has 2 rings (SSSR count). The SMILES string of the molecule is Cc1cc(NC(=O)Nc2cccc(C(C)C)c2)nc(C)n1. The fourth-order valence-corrected chi connectivity index (χ4v) is 2.04. The van der Waals surface area contributed by atoms with Crippen molar-refractivity contribution in [1.29, 1.82) is 0 Å². The van der Waals surface area contributed by atoms with Crippen molar-refractivity contribution >= 4 is 17.5 Å².